The molecule has 1 atom stereocenters. The van der Waals surface area contributed by atoms with Crippen molar-refractivity contribution >= 4 is 17.7 Å². The number of carbonyl (C=O) groups is 1. The monoisotopic (exact) mass is 250 g/mol. The number of amides is 1. The van der Waals surface area contributed by atoms with Crippen LogP contribution in [0.3, 0.4) is 0 Å². The maximum Gasteiger partial charge on any atom is 0.231 e. The molecule has 1 rings (SSSR count). The molecule has 1 amide bonds. The molecular formula is C12H14N2O2S. The highest BCUT2D eigenvalue weighted by Gasteiger charge is 2.04. The number of nitrogens with zero attached hydrogens (tertiary/aromatic N) is 1. The smallest absolute Gasteiger partial charge is 0.231 e. The van der Waals surface area contributed by atoms with Crippen molar-refractivity contribution in [3.8, 4) is 6.07 Å². The molecule has 0 aliphatic carbocycles. The summed E-state index contributed by atoms with van der Waals surface area (Å²) in [6.07, 6.45) is -0.511. The van der Waals surface area contributed by atoms with Crippen LogP contribution in [0.1, 0.15) is 18.6 Å². The summed E-state index contributed by atoms with van der Waals surface area (Å²) in [5, 5.41) is 20.2. The molecule has 17 heavy (non-hydrogen) atoms. The van der Waals surface area contributed by atoms with Gasteiger partial charge in [-0.1, -0.05) is 12.1 Å². The minimum Gasteiger partial charge on any atom is -0.389 e. The number of aliphatic hydroxyl groups is 1. The molecule has 5 heteroatoms. The van der Waals surface area contributed by atoms with Gasteiger partial charge >= 0.3 is 0 Å². The fourth-order valence-electron chi connectivity index (χ4n) is 1.20. The van der Waals surface area contributed by atoms with Crippen molar-refractivity contribution in [3.63, 3.8) is 0 Å². The van der Waals surface area contributed by atoms with Gasteiger partial charge in [0.2, 0.25) is 5.91 Å². The van der Waals surface area contributed by atoms with E-state index in [2.05, 4.69) is 5.32 Å². The molecule has 0 bridgehead atoms. The number of hydrogen-bond acceptors (Lipinski definition) is 4. The number of rotatable bonds is 5. The van der Waals surface area contributed by atoms with E-state index in [-0.39, 0.29) is 18.2 Å². The van der Waals surface area contributed by atoms with Crippen molar-refractivity contribution in [1.82, 2.24) is 5.32 Å². The molecule has 4 nitrogen and oxygen atoms in total. The molecule has 0 heterocycles. The van der Waals surface area contributed by atoms with E-state index in [0.717, 1.165) is 10.5 Å². The zero-order valence-corrected chi connectivity index (χ0v) is 10.3. The number of thioether (sulfide) groups is 1. The van der Waals surface area contributed by atoms with Crippen LogP contribution in [-0.4, -0.2) is 23.3 Å². The summed E-state index contributed by atoms with van der Waals surface area (Å²) in [6, 6.07) is 9.27. The van der Waals surface area contributed by atoms with Gasteiger partial charge in [0.1, 0.15) is 6.54 Å². The molecule has 1 unspecified atom stereocenters. The molecule has 0 aliphatic rings. The van der Waals surface area contributed by atoms with Gasteiger partial charge in [-0.15, -0.1) is 11.8 Å². The summed E-state index contributed by atoms with van der Waals surface area (Å²) < 4.78 is 0. The molecule has 1 aromatic rings. The van der Waals surface area contributed by atoms with Crippen LogP contribution in [0.15, 0.2) is 29.2 Å². The van der Waals surface area contributed by atoms with Gasteiger partial charge in [-0.2, -0.15) is 5.26 Å². The number of benzene rings is 1. The first-order chi connectivity index (χ1) is 8.13. The average Bonchev–Trinajstić information content (AvgIpc) is 2.34. The number of carbonyl (C=O) groups excluding carboxylic acids is 1. The Balaban J connectivity index is 2.49. The fourth-order valence-corrected chi connectivity index (χ4v) is 2.00. The SMILES string of the molecule is CC(O)c1cccc(SCC(=O)NCC#N)c1. The van der Waals surface area contributed by atoms with E-state index in [0.29, 0.717) is 0 Å². The van der Waals surface area contributed by atoms with Crippen molar-refractivity contribution in [2.45, 2.75) is 17.9 Å². The lowest BCUT2D eigenvalue weighted by Gasteiger charge is -2.07. The van der Waals surface area contributed by atoms with Gasteiger partial charge in [-0.3, -0.25) is 4.79 Å². The third-order valence-electron chi connectivity index (χ3n) is 2.08. The summed E-state index contributed by atoms with van der Waals surface area (Å²) >= 11 is 1.38. The van der Waals surface area contributed by atoms with Crippen LogP contribution >= 0.6 is 11.8 Å². The second-order valence-electron chi connectivity index (χ2n) is 3.47. The lowest BCUT2D eigenvalue weighted by atomic mass is 10.1. The summed E-state index contributed by atoms with van der Waals surface area (Å²) in [5.41, 5.74) is 0.826. The third-order valence-corrected chi connectivity index (χ3v) is 3.07. The molecule has 0 spiro atoms. The molecule has 1 aromatic carbocycles. The van der Waals surface area contributed by atoms with Gasteiger partial charge in [0, 0.05) is 4.90 Å². The second kappa shape index (κ2) is 6.94. The third kappa shape index (κ3) is 4.89. The van der Waals surface area contributed by atoms with Gasteiger partial charge in [-0.05, 0) is 24.6 Å². The molecule has 2 N–H and O–H groups in total. The Kier molecular flexibility index (Phi) is 5.53. The first-order valence-corrected chi connectivity index (χ1v) is 6.16. The topological polar surface area (TPSA) is 73.1 Å². The molecule has 0 fully saturated rings. The molecule has 0 radical (unpaired) electrons. The second-order valence-corrected chi connectivity index (χ2v) is 4.52. The zero-order valence-electron chi connectivity index (χ0n) is 9.51. The number of nitriles is 1. The van der Waals surface area contributed by atoms with Crippen LogP contribution in [0.2, 0.25) is 0 Å². The van der Waals surface area contributed by atoms with Gasteiger partial charge in [0.05, 0.1) is 17.9 Å². The van der Waals surface area contributed by atoms with E-state index in [1.54, 1.807) is 6.92 Å². The maximum atomic E-state index is 11.3. The van der Waals surface area contributed by atoms with Crippen LogP contribution in [-0.2, 0) is 4.79 Å². The first-order valence-electron chi connectivity index (χ1n) is 5.18. The lowest BCUT2D eigenvalue weighted by Crippen LogP contribution is -2.25. The first kappa shape index (κ1) is 13.6. The molecule has 90 valence electrons. The number of hydrogen-bond donors (Lipinski definition) is 2. The Hall–Kier alpha value is -1.51. The van der Waals surface area contributed by atoms with Crippen LogP contribution < -0.4 is 5.32 Å². The largest absolute Gasteiger partial charge is 0.389 e. The van der Waals surface area contributed by atoms with Crippen LogP contribution in [0.4, 0.5) is 0 Å². The van der Waals surface area contributed by atoms with Crippen molar-refractivity contribution in [1.29, 1.82) is 5.26 Å². The molecule has 0 saturated carbocycles. The minimum absolute atomic E-state index is 0.0348. The van der Waals surface area contributed by atoms with E-state index in [1.807, 2.05) is 30.3 Å². The van der Waals surface area contributed by atoms with Crippen LogP contribution in [0.5, 0.6) is 0 Å². The Morgan fingerprint density at radius 3 is 3.06 bits per heavy atom. The van der Waals surface area contributed by atoms with Gasteiger partial charge in [0.25, 0.3) is 0 Å². The Morgan fingerprint density at radius 1 is 1.65 bits per heavy atom. The standard InChI is InChI=1S/C12H14N2O2S/c1-9(15)10-3-2-4-11(7-10)17-8-12(16)14-6-5-13/h2-4,7,9,15H,6,8H2,1H3,(H,14,16). The Bertz CT molecular complexity index is 427. The van der Waals surface area contributed by atoms with E-state index >= 15 is 0 Å². The van der Waals surface area contributed by atoms with Crippen molar-refractivity contribution in [3.05, 3.63) is 29.8 Å². The van der Waals surface area contributed by atoms with Crippen molar-refractivity contribution < 1.29 is 9.90 Å². The molecule has 0 saturated heterocycles. The molecule has 0 aliphatic heterocycles. The fraction of sp³-hybridized carbons (Fsp3) is 0.333. The average molecular weight is 250 g/mol. The summed E-state index contributed by atoms with van der Waals surface area (Å²) in [4.78, 5) is 12.2. The predicted molar refractivity (Wildman–Crippen MR) is 66.4 cm³/mol. The number of aliphatic hydroxyl groups excluding tert-OH is 1. The van der Waals surface area contributed by atoms with E-state index in [9.17, 15) is 9.90 Å². The van der Waals surface area contributed by atoms with Gasteiger partial charge in [0.15, 0.2) is 0 Å². The minimum atomic E-state index is -0.511. The molecular weight excluding hydrogens is 236 g/mol. The Morgan fingerprint density at radius 2 is 2.41 bits per heavy atom. The van der Waals surface area contributed by atoms with Crippen molar-refractivity contribution in [2.24, 2.45) is 0 Å². The molecule has 0 aromatic heterocycles. The highest BCUT2D eigenvalue weighted by Crippen LogP contribution is 2.21. The van der Waals surface area contributed by atoms with Gasteiger partial charge in [-0.25, -0.2) is 0 Å². The predicted octanol–water partition coefficient (Wildman–Crippen LogP) is 1.47. The number of nitrogens with one attached hydrogen (secondary N) is 1. The van der Waals surface area contributed by atoms with Crippen molar-refractivity contribution in [2.75, 3.05) is 12.3 Å². The van der Waals surface area contributed by atoms with Gasteiger partial charge < -0.3 is 10.4 Å². The van der Waals surface area contributed by atoms with E-state index < -0.39 is 6.10 Å². The maximum absolute atomic E-state index is 11.3. The summed E-state index contributed by atoms with van der Waals surface area (Å²) in [7, 11) is 0. The van der Waals surface area contributed by atoms with E-state index in [4.69, 9.17) is 5.26 Å². The zero-order chi connectivity index (χ0) is 12.7. The Labute approximate surface area is 105 Å². The van der Waals surface area contributed by atoms with Crippen LogP contribution in [0.25, 0.3) is 0 Å². The normalized spacial score (nSPS) is 11.6. The summed E-state index contributed by atoms with van der Waals surface area (Å²) in [5.74, 6) is 0.101. The highest BCUT2D eigenvalue weighted by atomic mass is 32.2. The van der Waals surface area contributed by atoms with Crippen LogP contribution in [0, 0.1) is 11.3 Å². The van der Waals surface area contributed by atoms with E-state index in [1.165, 1.54) is 11.8 Å². The highest BCUT2D eigenvalue weighted by molar-refractivity contribution is 8.00. The lowest BCUT2D eigenvalue weighted by molar-refractivity contribution is -0.118. The quantitative estimate of drug-likeness (QED) is 0.613. The summed E-state index contributed by atoms with van der Waals surface area (Å²) in [6.45, 7) is 1.73.